The molecule has 4 aromatic rings. The highest BCUT2D eigenvalue weighted by molar-refractivity contribution is 7.99. The number of carbonyl (C=O) groups excluding carboxylic acids is 1. The average molecular weight is 506 g/mol. The first-order valence-electron chi connectivity index (χ1n) is 11.0. The van der Waals surface area contributed by atoms with E-state index in [9.17, 15) is 9.18 Å². The number of thioether (sulfide) groups is 1. The van der Waals surface area contributed by atoms with Crippen molar-refractivity contribution < 1.29 is 18.7 Å². The van der Waals surface area contributed by atoms with E-state index in [0.717, 1.165) is 4.90 Å². The zero-order valence-electron chi connectivity index (χ0n) is 18.5. The maximum atomic E-state index is 14.1. The number of hydrogen-bond acceptors (Lipinski definition) is 4. The molecule has 0 saturated carbocycles. The highest BCUT2D eigenvalue weighted by Gasteiger charge is 2.43. The van der Waals surface area contributed by atoms with Gasteiger partial charge in [-0.05, 0) is 78.4 Å². The standard InChI is InChI=1S/C28H21ClFNO3S/c29-20-9-13-23(14-10-20)33-24-15-11-22(12-16-24)31-27(19-5-4-6-21(30)17-19)26(34-28(31)32)18-35-25-7-2-1-3-8-25/h1-17,26-27H,18H2/t26-,27-/m0/s1. The number of rotatable bonds is 7. The lowest BCUT2D eigenvalue weighted by atomic mass is 10.0. The van der Waals surface area contributed by atoms with E-state index in [1.165, 1.54) is 12.1 Å². The topological polar surface area (TPSA) is 38.8 Å². The van der Waals surface area contributed by atoms with E-state index in [1.54, 1.807) is 71.3 Å². The fraction of sp³-hybridized carbons (Fsp3) is 0.107. The molecule has 4 nitrogen and oxygen atoms in total. The van der Waals surface area contributed by atoms with Gasteiger partial charge >= 0.3 is 6.09 Å². The molecule has 0 spiro atoms. The third kappa shape index (κ3) is 5.45. The summed E-state index contributed by atoms with van der Waals surface area (Å²) in [6, 6.07) is 30.0. The number of hydrogen-bond donors (Lipinski definition) is 0. The first-order valence-corrected chi connectivity index (χ1v) is 12.4. The van der Waals surface area contributed by atoms with Gasteiger partial charge in [0.05, 0.1) is 0 Å². The lowest BCUT2D eigenvalue weighted by Crippen LogP contribution is -2.30. The molecule has 1 saturated heterocycles. The third-order valence-electron chi connectivity index (χ3n) is 5.59. The van der Waals surface area contributed by atoms with Gasteiger partial charge in [0, 0.05) is 21.4 Å². The van der Waals surface area contributed by atoms with Gasteiger partial charge in [0.2, 0.25) is 0 Å². The van der Waals surface area contributed by atoms with Crippen LogP contribution in [-0.2, 0) is 4.74 Å². The lowest BCUT2D eigenvalue weighted by Gasteiger charge is -2.25. The quantitative estimate of drug-likeness (QED) is 0.238. The molecule has 0 aliphatic carbocycles. The molecule has 1 aliphatic rings. The van der Waals surface area contributed by atoms with Crippen LogP contribution in [0.25, 0.3) is 0 Å². The van der Waals surface area contributed by atoms with Gasteiger partial charge in [-0.25, -0.2) is 9.18 Å². The van der Waals surface area contributed by atoms with E-state index in [4.69, 9.17) is 21.1 Å². The van der Waals surface area contributed by atoms with Crippen molar-refractivity contribution in [2.24, 2.45) is 0 Å². The highest BCUT2D eigenvalue weighted by Crippen LogP contribution is 2.40. The zero-order valence-corrected chi connectivity index (χ0v) is 20.1. The number of carbonyl (C=O) groups is 1. The highest BCUT2D eigenvalue weighted by atomic mass is 35.5. The van der Waals surface area contributed by atoms with Crippen molar-refractivity contribution in [2.45, 2.75) is 17.0 Å². The van der Waals surface area contributed by atoms with Crippen molar-refractivity contribution in [3.63, 3.8) is 0 Å². The van der Waals surface area contributed by atoms with Crippen LogP contribution < -0.4 is 9.64 Å². The number of ether oxygens (including phenoxy) is 2. The molecule has 2 atom stereocenters. The van der Waals surface area contributed by atoms with E-state index in [2.05, 4.69) is 0 Å². The van der Waals surface area contributed by atoms with Crippen LogP contribution in [0.2, 0.25) is 5.02 Å². The summed E-state index contributed by atoms with van der Waals surface area (Å²) in [6.45, 7) is 0. The predicted molar refractivity (Wildman–Crippen MR) is 137 cm³/mol. The van der Waals surface area contributed by atoms with E-state index in [1.807, 2.05) is 36.4 Å². The van der Waals surface area contributed by atoms with Gasteiger partial charge < -0.3 is 9.47 Å². The number of amides is 1. The normalized spacial score (nSPS) is 17.3. The summed E-state index contributed by atoms with van der Waals surface area (Å²) in [5, 5.41) is 0.628. The number of cyclic esters (lactones) is 1. The minimum absolute atomic E-state index is 0.358. The Morgan fingerprint density at radius 2 is 1.57 bits per heavy atom. The van der Waals surface area contributed by atoms with Crippen LogP contribution in [0.4, 0.5) is 14.9 Å². The molecule has 7 heteroatoms. The smallest absolute Gasteiger partial charge is 0.415 e. The molecule has 1 fully saturated rings. The molecule has 1 heterocycles. The molecule has 35 heavy (non-hydrogen) atoms. The third-order valence-corrected chi connectivity index (χ3v) is 6.94. The Morgan fingerprint density at radius 3 is 2.26 bits per heavy atom. The fourth-order valence-corrected chi connectivity index (χ4v) is 5.07. The molecule has 176 valence electrons. The lowest BCUT2D eigenvalue weighted by molar-refractivity contribution is 0.144. The second-order valence-electron chi connectivity index (χ2n) is 7.97. The molecular weight excluding hydrogens is 485 g/mol. The summed E-state index contributed by atoms with van der Waals surface area (Å²) in [5.41, 5.74) is 1.32. The Hall–Kier alpha value is -3.48. The first-order chi connectivity index (χ1) is 17.1. The summed E-state index contributed by atoms with van der Waals surface area (Å²) in [5.74, 6) is 1.44. The Balaban J connectivity index is 1.40. The maximum absolute atomic E-state index is 14.1. The molecule has 1 aliphatic heterocycles. The second kappa shape index (κ2) is 10.4. The molecule has 0 aromatic heterocycles. The van der Waals surface area contributed by atoms with Gasteiger partial charge in [0.25, 0.3) is 0 Å². The van der Waals surface area contributed by atoms with Crippen LogP contribution in [0.3, 0.4) is 0 Å². The van der Waals surface area contributed by atoms with Crippen molar-refractivity contribution in [1.82, 2.24) is 0 Å². The van der Waals surface area contributed by atoms with E-state index < -0.39 is 18.2 Å². The summed E-state index contributed by atoms with van der Waals surface area (Å²) >= 11 is 7.53. The molecule has 5 rings (SSSR count). The van der Waals surface area contributed by atoms with Crippen LogP contribution in [0.5, 0.6) is 11.5 Å². The van der Waals surface area contributed by atoms with Crippen molar-refractivity contribution in [3.8, 4) is 11.5 Å². The van der Waals surface area contributed by atoms with Crippen molar-refractivity contribution in [2.75, 3.05) is 10.7 Å². The summed E-state index contributed by atoms with van der Waals surface area (Å²) in [4.78, 5) is 15.7. The summed E-state index contributed by atoms with van der Waals surface area (Å²) < 4.78 is 25.8. The van der Waals surface area contributed by atoms with Crippen molar-refractivity contribution >= 4 is 35.1 Å². The Morgan fingerprint density at radius 1 is 0.886 bits per heavy atom. The van der Waals surface area contributed by atoms with E-state index in [-0.39, 0.29) is 5.82 Å². The SMILES string of the molecule is O=C1O[C@@H](CSc2ccccc2)[C@H](c2cccc(F)c2)N1c1ccc(Oc2ccc(Cl)cc2)cc1. The maximum Gasteiger partial charge on any atom is 0.415 e. The van der Waals surface area contributed by atoms with Gasteiger partial charge in [-0.15, -0.1) is 11.8 Å². The zero-order chi connectivity index (χ0) is 24.2. The van der Waals surface area contributed by atoms with Crippen LogP contribution >= 0.6 is 23.4 Å². The molecule has 4 aromatic carbocycles. The molecule has 1 amide bonds. The Labute approximate surface area is 212 Å². The predicted octanol–water partition coefficient (Wildman–Crippen LogP) is 8.13. The minimum atomic E-state index is -0.475. The number of anilines is 1. The molecule has 0 radical (unpaired) electrons. The van der Waals surface area contributed by atoms with Crippen LogP contribution in [0, 0.1) is 5.82 Å². The van der Waals surface area contributed by atoms with Crippen LogP contribution in [0.15, 0.2) is 108 Å². The van der Waals surface area contributed by atoms with Crippen LogP contribution in [0.1, 0.15) is 11.6 Å². The largest absolute Gasteiger partial charge is 0.457 e. The van der Waals surface area contributed by atoms with Crippen molar-refractivity contribution in [3.05, 3.63) is 120 Å². The number of nitrogens with zero attached hydrogens (tertiary/aromatic N) is 1. The molecule has 0 unspecified atom stereocenters. The molecule has 0 bridgehead atoms. The van der Waals surface area contributed by atoms with E-state index >= 15 is 0 Å². The van der Waals surface area contributed by atoms with Gasteiger partial charge in [-0.3, -0.25) is 4.90 Å². The second-order valence-corrected chi connectivity index (χ2v) is 9.50. The minimum Gasteiger partial charge on any atom is -0.457 e. The van der Waals surface area contributed by atoms with Gasteiger partial charge in [-0.2, -0.15) is 0 Å². The summed E-state index contributed by atoms with van der Waals surface area (Å²) in [7, 11) is 0. The first kappa shape index (κ1) is 23.3. The summed E-state index contributed by atoms with van der Waals surface area (Å²) in [6.07, 6.45) is -0.927. The monoisotopic (exact) mass is 505 g/mol. The number of halogens is 2. The Kier molecular flexibility index (Phi) is 6.93. The van der Waals surface area contributed by atoms with Gasteiger partial charge in [-0.1, -0.05) is 41.9 Å². The van der Waals surface area contributed by atoms with E-state index in [0.29, 0.717) is 33.5 Å². The molecule has 0 N–H and O–H groups in total. The van der Waals surface area contributed by atoms with Gasteiger partial charge in [0.15, 0.2) is 0 Å². The molecular formula is C28H21ClFNO3S. The Bertz CT molecular complexity index is 1300. The van der Waals surface area contributed by atoms with Crippen molar-refractivity contribution in [1.29, 1.82) is 0 Å². The van der Waals surface area contributed by atoms with Gasteiger partial charge in [0.1, 0.15) is 29.5 Å². The fourth-order valence-electron chi connectivity index (χ4n) is 3.98. The van der Waals surface area contributed by atoms with Crippen LogP contribution in [-0.4, -0.2) is 18.0 Å². The number of benzene rings is 4. The average Bonchev–Trinajstić information content (AvgIpc) is 3.21.